The lowest BCUT2D eigenvalue weighted by Gasteiger charge is -2.30. The number of nitrogens with one attached hydrogen (secondary N) is 1. The van der Waals surface area contributed by atoms with Crippen molar-refractivity contribution >= 4 is 11.6 Å². The fourth-order valence-electron chi connectivity index (χ4n) is 4.26. The van der Waals surface area contributed by atoms with E-state index in [0.717, 1.165) is 43.6 Å². The molecule has 3 aromatic rings. The Labute approximate surface area is 176 Å². The van der Waals surface area contributed by atoms with Crippen LogP contribution >= 0.6 is 0 Å². The third-order valence-corrected chi connectivity index (χ3v) is 5.80. The first-order valence-electron chi connectivity index (χ1n) is 10.8. The molecule has 30 heavy (non-hydrogen) atoms. The summed E-state index contributed by atoms with van der Waals surface area (Å²) < 4.78 is 3.50. The predicted octanol–water partition coefficient (Wildman–Crippen LogP) is 2.60. The molecule has 0 radical (unpaired) electrons. The SMILES string of the molecule is CCCCNC(=O)c1cnn2c(=O)c3c(n(CC)c12)CCN(Cc1ccccc1)C3. The molecular weight excluding hydrogens is 378 g/mol. The van der Waals surface area contributed by atoms with Crippen LogP contribution in [0, 0.1) is 0 Å². The summed E-state index contributed by atoms with van der Waals surface area (Å²) in [5.41, 5.74) is 4.01. The minimum Gasteiger partial charge on any atom is -0.352 e. The van der Waals surface area contributed by atoms with Gasteiger partial charge >= 0.3 is 0 Å². The number of aryl methyl sites for hydroxylation is 1. The summed E-state index contributed by atoms with van der Waals surface area (Å²) in [5, 5.41) is 7.24. The van der Waals surface area contributed by atoms with E-state index in [9.17, 15) is 9.59 Å². The number of unbranched alkanes of at least 4 members (excludes halogenated alkanes) is 1. The zero-order chi connectivity index (χ0) is 21.1. The van der Waals surface area contributed by atoms with Gasteiger partial charge in [-0.2, -0.15) is 9.61 Å². The van der Waals surface area contributed by atoms with Crippen molar-refractivity contribution in [2.75, 3.05) is 13.1 Å². The molecule has 4 rings (SSSR count). The molecule has 0 spiro atoms. The largest absolute Gasteiger partial charge is 0.352 e. The van der Waals surface area contributed by atoms with Crippen molar-refractivity contribution in [3.8, 4) is 0 Å². The minimum atomic E-state index is -0.165. The quantitative estimate of drug-likeness (QED) is 0.611. The molecule has 0 saturated heterocycles. The Bertz CT molecular complexity index is 1100. The molecule has 1 aliphatic heterocycles. The van der Waals surface area contributed by atoms with Gasteiger partial charge in [-0.1, -0.05) is 43.7 Å². The molecule has 3 heterocycles. The highest BCUT2D eigenvalue weighted by molar-refractivity contribution is 5.99. The molecule has 1 aliphatic rings. The summed E-state index contributed by atoms with van der Waals surface area (Å²) in [6, 6.07) is 10.3. The molecule has 7 heteroatoms. The molecule has 0 atom stereocenters. The highest BCUT2D eigenvalue weighted by Gasteiger charge is 2.26. The summed E-state index contributed by atoms with van der Waals surface area (Å²) in [5.74, 6) is -0.165. The third-order valence-electron chi connectivity index (χ3n) is 5.80. The van der Waals surface area contributed by atoms with E-state index in [1.807, 2.05) is 25.1 Å². The van der Waals surface area contributed by atoms with Crippen molar-refractivity contribution in [2.24, 2.45) is 0 Å². The zero-order valence-corrected chi connectivity index (χ0v) is 17.7. The Morgan fingerprint density at radius 2 is 2.00 bits per heavy atom. The second-order valence-electron chi connectivity index (χ2n) is 7.82. The molecule has 1 N–H and O–H groups in total. The van der Waals surface area contributed by atoms with Gasteiger partial charge < -0.3 is 9.88 Å². The van der Waals surface area contributed by atoms with Crippen molar-refractivity contribution in [3.63, 3.8) is 0 Å². The summed E-state index contributed by atoms with van der Waals surface area (Å²) in [7, 11) is 0. The fraction of sp³-hybridized carbons (Fsp3) is 0.435. The normalized spacial score (nSPS) is 14.1. The lowest BCUT2D eigenvalue weighted by atomic mass is 10.0. The molecule has 1 amide bonds. The number of rotatable bonds is 7. The van der Waals surface area contributed by atoms with Gasteiger partial charge in [-0.25, -0.2) is 0 Å². The number of benzene rings is 1. The van der Waals surface area contributed by atoms with E-state index >= 15 is 0 Å². The molecule has 0 saturated carbocycles. The highest BCUT2D eigenvalue weighted by atomic mass is 16.2. The van der Waals surface area contributed by atoms with Crippen LogP contribution in [0.5, 0.6) is 0 Å². The maximum atomic E-state index is 13.3. The monoisotopic (exact) mass is 407 g/mol. The number of amides is 1. The molecule has 0 unspecified atom stereocenters. The summed E-state index contributed by atoms with van der Waals surface area (Å²) in [6.07, 6.45) is 4.25. The Hall–Kier alpha value is -2.93. The number of carbonyl (C=O) groups excluding carboxylic acids is 1. The fourth-order valence-corrected chi connectivity index (χ4v) is 4.26. The van der Waals surface area contributed by atoms with Gasteiger partial charge in [0.1, 0.15) is 5.56 Å². The zero-order valence-electron chi connectivity index (χ0n) is 17.7. The van der Waals surface area contributed by atoms with Crippen LogP contribution in [0.4, 0.5) is 0 Å². The molecule has 7 nitrogen and oxygen atoms in total. The van der Waals surface area contributed by atoms with Gasteiger partial charge in [0.2, 0.25) is 0 Å². The van der Waals surface area contributed by atoms with Crippen LogP contribution in [0.2, 0.25) is 0 Å². The first-order chi connectivity index (χ1) is 14.6. The van der Waals surface area contributed by atoms with E-state index < -0.39 is 0 Å². The molecule has 0 fully saturated rings. The molecule has 2 aromatic heterocycles. The number of hydrogen-bond acceptors (Lipinski definition) is 4. The Balaban J connectivity index is 1.69. The predicted molar refractivity (Wildman–Crippen MR) is 117 cm³/mol. The van der Waals surface area contributed by atoms with Crippen molar-refractivity contribution in [1.82, 2.24) is 24.4 Å². The van der Waals surface area contributed by atoms with Crippen LogP contribution in [-0.2, 0) is 26.1 Å². The van der Waals surface area contributed by atoms with E-state index in [4.69, 9.17) is 0 Å². The summed E-state index contributed by atoms with van der Waals surface area (Å²) in [4.78, 5) is 28.3. The van der Waals surface area contributed by atoms with Crippen molar-refractivity contribution in [3.05, 3.63) is 69.3 Å². The lowest BCUT2D eigenvalue weighted by molar-refractivity contribution is 0.0954. The Kier molecular flexibility index (Phi) is 5.99. The average molecular weight is 408 g/mol. The van der Waals surface area contributed by atoms with Gasteiger partial charge in [0.25, 0.3) is 11.5 Å². The van der Waals surface area contributed by atoms with Crippen LogP contribution in [0.25, 0.3) is 5.65 Å². The first kappa shape index (κ1) is 20.3. The standard InChI is InChI=1S/C23H29N5O2/c1-3-5-12-24-21(29)18-14-25-28-22(18)27(4-2)20-11-13-26(16-19(20)23(28)30)15-17-9-7-6-8-10-17/h6-10,14H,3-5,11-13,15-16H2,1-2H3,(H,24,29). The Morgan fingerprint density at radius 3 is 2.73 bits per heavy atom. The number of fused-ring (bicyclic) bond motifs is 2. The second-order valence-corrected chi connectivity index (χ2v) is 7.82. The molecule has 1 aromatic carbocycles. The van der Waals surface area contributed by atoms with Gasteiger partial charge in [-0.05, 0) is 18.9 Å². The maximum absolute atomic E-state index is 13.3. The van der Waals surface area contributed by atoms with Crippen molar-refractivity contribution in [1.29, 1.82) is 0 Å². The van der Waals surface area contributed by atoms with Crippen molar-refractivity contribution in [2.45, 2.75) is 52.7 Å². The molecular formula is C23H29N5O2. The van der Waals surface area contributed by atoms with Crippen LogP contribution in [0.15, 0.2) is 41.3 Å². The van der Waals surface area contributed by atoms with Crippen LogP contribution in [0.3, 0.4) is 0 Å². The number of hydrogen-bond donors (Lipinski definition) is 1. The van der Waals surface area contributed by atoms with E-state index in [1.165, 1.54) is 16.3 Å². The smallest absolute Gasteiger partial charge is 0.279 e. The van der Waals surface area contributed by atoms with Crippen LogP contribution in [-0.4, -0.2) is 38.1 Å². The second kappa shape index (κ2) is 8.83. The van der Waals surface area contributed by atoms with E-state index in [2.05, 4.69) is 38.9 Å². The third kappa shape index (κ3) is 3.77. The van der Waals surface area contributed by atoms with Gasteiger partial charge in [0.05, 0.1) is 11.8 Å². The van der Waals surface area contributed by atoms with Crippen LogP contribution < -0.4 is 10.9 Å². The number of aromatic nitrogens is 3. The Morgan fingerprint density at radius 1 is 1.20 bits per heavy atom. The van der Waals surface area contributed by atoms with E-state index in [1.54, 1.807) is 0 Å². The lowest BCUT2D eigenvalue weighted by Crippen LogP contribution is -2.38. The van der Waals surface area contributed by atoms with Gasteiger partial charge in [0.15, 0.2) is 5.65 Å². The molecule has 158 valence electrons. The molecule has 0 bridgehead atoms. The maximum Gasteiger partial charge on any atom is 0.279 e. The molecule has 0 aliphatic carbocycles. The summed E-state index contributed by atoms with van der Waals surface area (Å²) in [6.45, 7) is 7.74. The van der Waals surface area contributed by atoms with Gasteiger partial charge in [-0.3, -0.25) is 14.5 Å². The van der Waals surface area contributed by atoms with E-state index in [-0.39, 0.29) is 11.5 Å². The van der Waals surface area contributed by atoms with Crippen LogP contribution in [0.1, 0.15) is 53.9 Å². The van der Waals surface area contributed by atoms with Crippen molar-refractivity contribution < 1.29 is 4.79 Å². The van der Waals surface area contributed by atoms with Gasteiger partial charge in [0, 0.05) is 44.8 Å². The van der Waals surface area contributed by atoms with Gasteiger partial charge in [-0.15, -0.1) is 0 Å². The highest BCUT2D eigenvalue weighted by Crippen LogP contribution is 2.22. The topological polar surface area (TPSA) is 71.6 Å². The summed E-state index contributed by atoms with van der Waals surface area (Å²) >= 11 is 0. The number of carbonyl (C=O) groups is 1. The average Bonchev–Trinajstić information content (AvgIpc) is 3.21. The number of nitrogens with zero attached hydrogens (tertiary/aromatic N) is 4. The minimum absolute atomic E-state index is 0.116. The first-order valence-corrected chi connectivity index (χ1v) is 10.8. The van der Waals surface area contributed by atoms with E-state index in [0.29, 0.717) is 30.8 Å².